The van der Waals surface area contributed by atoms with Gasteiger partial charge < -0.3 is 24.7 Å². The van der Waals surface area contributed by atoms with Crippen LogP contribution >= 0.6 is 11.6 Å². The van der Waals surface area contributed by atoms with Crippen molar-refractivity contribution >= 4 is 29.3 Å². The number of hydrogen-bond donors (Lipinski definition) is 2. The number of amides is 2. The first-order valence-corrected chi connectivity index (χ1v) is 13.6. The SMILES string of the molecule is CCN(c1cc(Cl)cc(C(=O)NCc2c(C)oc(C)cc2=O)c1C)C1CCC(NC(=O)OC(C)(C)C)CC1. The molecule has 3 rings (SSSR count). The third kappa shape index (κ3) is 7.53. The Morgan fingerprint density at radius 3 is 2.34 bits per heavy atom. The van der Waals surface area contributed by atoms with Crippen molar-refractivity contribution in [3.05, 3.63) is 61.7 Å². The predicted molar refractivity (Wildman–Crippen MR) is 150 cm³/mol. The second-order valence-electron chi connectivity index (χ2n) is 11.0. The maximum absolute atomic E-state index is 13.2. The van der Waals surface area contributed by atoms with Crippen molar-refractivity contribution < 1.29 is 18.7 Å². The topological polar surface area (TPSA) is 101 Å². The number of nitrogens with one attached hydrogen (secondary N) is 2. The van der Waals surface area contributed by atoms with Crippen molar-refractivity contribution in [3.63, 3.8) is 0 Å². The van der Waals surface area contributed by atoms with Crippen molar-refractivity contribution in [3.8, 4) is 0 Å². The van der Waals surface area contributed by atoms with Gasteiger partial charge in [-0.2, -0.15) is 0 Å². The first-order chi connectivity index (χ1) is 17.8. The van der Waals surface area contributed by atoms with Crippen LogP contribution in [0, 0.1) is 20.8 Å². The lowest BCUT2D eigenvalue weighted by molar-refractivity contribution is 0.0491. The van der Waals surface area contributed by atoms with Crippen LogP contribution in [0.4, 0.5) is 10.5 Å². The number of ether oxygens (including phenoxy) is 1. The molecule has 9 heteroatoms. The van der Waals surface area contributed by atoms with Crippen LogP contribution in [0.2, 0.25) is 5.02 Å². The molecule has 0 bridgehead atoms. The Labute approximate surface area is 230 Å². The van der Waals surface area contributed by atoms with Crippen LogP contribution in [0.15, 0.2) is 27.4 Å². The molecule has 0 spiro atoms. The molecular weight excluding hydrogens is 506 g/mol. The molecule has 0 unspecified atom stereocenters. The van der Waals surface area contributed by atoms with Crippen LogP contribution in [-0.2, 0) is 11.3 Å². The molecule has 0 radical (unpaired) electrons. The van der Waals surface area contributed by atoms with E-state index in [1.165, 1.54) is 6.07 Å². The lowest BCUT2D eigenvalue weighted by atomic mass is 9.89. The van der Waals surface area contributed by atoms with Gasteiger partial charge in [-0.15, -0.1) is 0 Å². The first-order valence-electron chi connectivity index (χ1n) is 13.2. The monoisotopic (exact) mass is 545 g/mol. The Morgan fingerprint density at radius 2 is 1.76 bits per heavy atom. The van der Waals surface area contributed by atoms with E-state index in [1.807, 2.05) is 33.8 Å². The van der Waals surface area contributed by atoms with Gasteiger partial charge in [-0.3, -0.25) is 9.59 Å². The average molecular weight is 546 g/mol. The van der Waals surface area contributed by atoms with Crippen molar-refractivity contribution in [2.75, 3.05) is 11.4 Å². The van der Waals surface area contributed by atoms with Crippen molar-refractivity contribution in [1.82, 2.24) is 10.6 Å². The van der Waals surface area contributed by atoms with Gasteiger partial charge in [0, 0.05) is 41.0 Å². The minimum atomic E-state index is -0.528. The summed E-state index contributed by atoms with van der Waals surface area (Å²) in [5.74, 6) is 0.729. The molecule has 1 aliphatic rings. The number of benzene rings is 1. The zero-order chi connectivity index (χ0) is 28.2. The van der Waals surface area contributed by atoms with E-state index in [2.05, 4.69) is 22.5 Å². The zero-order valence-electron chi connectivity index (χ0n) is 23.5. The van der Waals surface area contributed by atoms with Crippen molar-refractivity contribution in [2.24, 2.45) is 0 Å². The van der Waals surface area contributed by atoms with E-state index < -0.39 is 5.60 Å². The Balaban J connectivity index is 1.71. The van der Waals surface area contributed by atoms with E-state index in [0.717, 1.165) is 43.5 Å². The van der Waals surface area contributed by atoms with E-state index in [-0.39, 0.29) is 36.1 Å². The molecule has 1 aromatic heterocycles. The summed E-state index contributed by atoms with van der Waals surface area (Å²) < 4.78 is 10.9. The number of carbonyl (C=O) groups is 2. The molecule has 1 aliphatic carbocycles. The maximum atomic E-state index is 13.2. The summed E-state index contributed by atoms with van der Waals surface area (Å²) in [6, 6.07) is 5.32. The van der Waals surface area contributed by atoms with E-state index >= 15 is 0 Å². The number of rotatable bonds is 7. The number of nitrogens with zero attached hydrogens (tertiary/aromatic N) is 1. The highest BCUT2D eigenvalue weighted by molar-refractivity contribution is 6.31. The number of halogens is 1. The van der Waals surface area contributed by atoms with E-state index in [9.17, 15) is 14.4 Å². The van der Waals surface area contributed by atoms with Gasteiger partial charge in [-0.25, -0.2) is 4.79 Å². The molecular formula is C29H40ClN3O5. The molecule has 1 heterocycles. The molecule has 2 aromatic rings. The van der Waals surface area contributed by atoms with Crippen LogP contribution in [-0.4, -0.2) is 36.2 Å². The number of hydrogen-bond acceptors (Lipinski definition) is 6. The molecule has 0 atom stereocenters. The van der Waals surface area contributed by atoms with E-state index in [0.29, 0.717) is 27.7 Å². The van der Waals surface area contributed by atoms with Crippen LogP contribution in [0.25, 0.3) is 0 Å². The van der Waals surface area contributed by atoms with Crippen LogP contribution in [0.5, 0.6) is 0 Å². The number of alkyl carbamates (subject to hydrolysis) is 1. The van der Waals surface area contributed by atoms with Gasteiger partial charge in [0.15, 0.2) is 5.43 Å². The molecule has 2 amide bonds. The summed E-state index contributed by atoms with van der Waals surface area (Å²) in [6.07, 6.45) is 3.08. The quantitative estimate of drug-likeness (QED) is 0.455. The molecule has 8 nitrogen and oxygen atoms in total. The van der Waals surface area contributed by atoms with Gasteiger partial charge in [0.05, 0.1) is 12.1 Å². The minimum Gasteiger partial charge on any atom is -0.466 e. The van der Waals surface area contributed by atoms with Gasteiger partial charge in [0.25, 0.3) is 5.91 Å². The smallest absolute Gasteiger partial charge is 0.407 e. The van der Waals surface area contributed by atoms with Gasteiger partial charge in [0.2, 0.25) is 0 Å². The molecule has 38 heavy (non-hydrogen) atoms. The number of anilines is 1. The summed E-state index contributed by atoms with van der Waals surface area (Å²) >= 11 is 6.49. The highest BCUT2D eigenvalue weighted by atomic mass is 35.5. The number of carbonyl (C=O) groups excluding carboxylic acids is 2. The molecule has 208 valence electrons. The second-order valence-corrected chi connectivity index (χ2v) is 11.4. The lowest BCUT2D eigenvalue weighted by Crippen LogP contribution is -2.45. The summed E-state index contributed by atoms with van der Waals surface area (Å²) in [5, 5.41) is 6.33. The Bertz CT molecular complexity index is 1230. The summed E-state index contributed by atoms with van der Waals surface area (Å²) in [4.78, 5) is 40.0. The minimum absolute atomic E-state index is 0.0702. The molecule has 1 aromatic carbocycles. The summed E-state index contributed by atoms with van der Waals surface area (Å²) in [6.45, 7) is 13.8. The Kier molecular flexibility index (Phi) is 9.52. The van der Waals surface area contributed by atoms with E-state index in [4.69, 9.17) is 20.8 Å². The fourth-order valence-corrected chi connectivity index (χ4v) is 5.30. The second kappa shape index (κ2) is 12.2. The third-order valence-corrected chi connectivity index (χ3v) is 7.11. The molecule has 1 saturated carbocycles. The fraction of sp³-hybridized carbons (Fsp3) is 0.552. The maximum Gasteiger partial charge on any atom is 0.407 e. The average Bonchev–Trinajstić information content (AvgIpc) is 2.80. The van der Waals surface area contributed by atoms with Crippen LogP contribution in [0.3, 0.4) is 0 Å². The standard InChI is InChI=1S/C29H40ClN3O5/c1-8-33(22-11-9-21(10-12-22)32-28(36)38-29(5,6)7)25-15-20(30)14-23(18(25)3)27(35)31-16-24-19(4)37-17(2)13-26(24)34/h13-15,21-22H,8-12,16H2,1-7H3,(H,31,35)(H,32,36). The van der Waals surface area contributed by atoms with Gasteiger partial charge in [-0.1, -0.05) is 11.6 Å². The Hall–Kier alpha value is -3.00. The normalized spacial score (nSPS) is 17.6. The number of aryl methyl sites for hydroxylation is 2. The highest BCUT2D eigenvalue weighted by Crippen LogP contribution is 2.33. The highest BCUT2D eigenvalue weighted by Gasteiger charge is 2.29. The molecule has 0 saturated heterocycles. The third-order valence-electron chi connectivity index (χ3n) is 6.89. The van der Waals surface area contributed by atoms with Gasteiger partial charge >= 0.3 is 6.09 Å². The summed E-state index contributed by atoms with van der Waals surface area (Å²) in [5.41, 5.74) is 1.95. The largest absolute Gasteiger partial charge is 0.466 e. The first kappa shape index (κ1) is 29.6. The summed E-state index contributed by atoms with van der Waals surface area (Å²) in [7, 11) is 0. The fourth-order valence-electron chi connectivity index (χ4n) is 5.08. The lowest BCUT2D eigenvalue weighted by Gasteiger charge is -2.39. The van der Waals surface area contributed by atoms with Crippen LogP contribution in [0.1, 0.15) is 86.4 Å². The Morgan fingerprint density at radius 1 is 1.11 bits per heavy atom. The van der Waals surface area contributed by atoms with E-state index in [1.54, 1.807) is 19.9 Å². The van der Waals surface area contributed by atoms with Gasteiger partial charge in [-0.05, 0) is 91.8 Å². The zero-order valence-corrected chi connectivity index (χ0v) is 24.3. The van der Waals surface area contributed by atoms with Crippen molar-refractivity contribution in [1.29, 1.82) is 0 Å². The van der Waals surface area contributed by atoms with Crippen LogP contribution < -0.4 is 21.0 Å². The molecule has 1 fully saturated rings. The van der Waals surface area contributed by atoms with Crippen molar-refractivity contribution in [2.45, 2.75) is 98.4 Å². The van der Waals surface area contributed by atoms with Gasteiger partial charge in [0.1, 0.15) is 17.1 Å². The predicted octanol–water partition coefficient (Wildman–Crippen LogP) is 5.81. The molecule has 0 aliphatic heterocycles. The molecule has 2 N–H and O–H groups in total.